The third-order valence-corrected chi connectivity index (χ3v) is 3.80. The van der Waals surface area contributed by atoms with Crippen molar-refractivity contribution in [1.29, 1.82) is 0 Å². The molecule has 0 atom stereocenters. The number of halogens is 1. The molecule has 0 N–H and O–H groups in total. The van der Waals surface area contributed by atoms with Crippen molar-refractivity contribution in [3.05, 3.63) is 57.6 Å². The van der Waals surface area contributed by atoms with Crippen LogP contribution in [0.25, 0.3) is 0 Å². The quantitative estimate of drug-likeness (QED) is 0.704. The van der Waals surface area contributed by atoms with Crippen LogP contribution < -0.4 is 4.74 Å². The van der Waals surface area contributed by atoms with Gasteiger partial charge in [0.05, 0.1) is 16.8 Å². The van der Waals surface area contributed by atoms with E-state index in [-0.39, 0.29) is 0 Å². The lowest BCUT2D eigenvalue weighted by Gasteiger charge is -2.06. The molecule has 2 rings (SSSR count). The van der Waals surface area contributed by atoms with Crippen molar-refractivity contribution in [2.45, 2.75) is 20.8 Å². The zero-order valence-corrected chi connectivity index (χ0v) is 13.6. The molecule has 0 aliphatic heterocycles. The predicted molar refractivity (Wildman–Crippen MR) is 88.5 cm³/mol. The van der Waals surface area contributed by atoms with Gasteiger partial charge in [-0.25, -0.2) is 0 Å². The SMILES string of the molecule is CCOc1ccc(C=Nc2cccc(C)c2C)cc1Br. The van der Waals surface area contributed by atoms with Gasteiger partial charge in [-0.1, -0.05) is 12.1 Å². The summed E-state index contributed by atoms with van der Waals surface area (Å²) in [5.41, 5.74) is 4.53. The number of rotatable bonds is 4. The van der Waals surface area contributed by atoms with Crippen molar-refractivity contribution in [2.75, 3.05) is 6.61 Å². The maximum Gasteiger partial charge on any atom is 0.133 e. The van der Waals surface area contributed by atoms with Crippen LogP contribution in [0.5, 0.6) is 5.75 Å². The standard InChI is InChI=1S/C17H18BrNO/c1-4-20-17-9-8-14(10-15(17)18)11-19-16-7-5-6-12(2)13(16)3/h5-11H,4H2,1-3H3. The van der Waals surface area contributed by atoms with Crippen molar-refractivity contribution in [3.8, 4) is 5.75 Å². The molecule has 0 unspecified atom stereocenters. The largest absolute Gasteiger partial charge is 0.493 e. The van der Waals surface area contributed by atoms with Crippen LogP contribution in [0.4, 0.5) is 5.69 Å². The molecule has 0 radical (unpaired) electrons. The van der Waals surface area contributed by atoms with Crippen LogP contribution in [0.15, 0.2) is 45.9 Å². The van der Waals surface area contributed by atoms with Gasteiger partial charge >= 0.3 is 0 Å². The van der Waals surface area contributed by atoms with E-state index >= 15 is 0 Å². The Hall–Kier alpha value is -1.61. The summed E-state index contributed by atoms with van der Waals surface area (Å²) in [6.07, 6.45) is 1.88. The first-order chi connectivity index (χ1) is 9.61. The van der Waals surface area contributed by atoms with Gasteiger partial charge in [-0.3, -0.25) is 4.99 Å². The highest BCUT2D eigenvalue weighted by molar-refractivity contribution is 9.10. The van der Waals surface area contributed by atoms with E-state index in [0.29, 0.717) is 6.61 Å². The Labute approximate surface area is 128 Å². The zero-order chi connectivity index (χ0) is 14.5. The molecule has 0 saturated heterocycles. The van der Waals surface area contributed by atoms with Gasteiger partial charge in [0.2, 0.25) is 0 Å². The lowest BCUT2D eigenvalue weighted by molar-refractivity contribution is 0.338. The second-order valence-electron chi connectivity index (χ2n) is 4.60. The molecule has 0 bridgehead atoms. The Kier molecular flexibility index (Phi) is 4.96. The summed E-state index contributed by atoms with van der Waals surface area (Å²) in [5, 5.41) is 0. The summed E-state index contributed by atoms with van der Waals surface area (Å²) in [7, 11) is 0. The number of benzene rings is 2. The highest BCUT2D eigenvalue weighted by Gasteiger charge is 2.01. The van der Waals surface area contributed by atoms with E-state index in [1.54, 1.807) is 0 Å². The number of hydrogen-bond acceptors (Lipinski definition) is 2. The highest BCUT2D eigenvalue weighted by atomic mass is 79.9. The van der Waals surface area contributed by atoms with Gasteiger partial charge in [0.25, 0.3) is 0 Å². The maximum absolute atomic E-state index is 5.50. The fourth-order valence-corrected chi connectivity index (χ4v) is 2.40. The van der Waals surface area contributed by atoms with Gasteiger partial charge in [0.15, 0.2) is 0 Å². The minimum absolute atomic E-state index is 0.661. The van der Waals surface area contributed by atoms with Crippen molar-refractivity contribution in [1.82, 2.24) is 0 Å². The Morgan fingerprint density at radius 2 is 2.00 bits per heavy atom. The monoisotopic (exact) mass is 331 g/mol. The van der Waals surface area contributed by atoms with Crippen molar-refractivity contribution in [3.63, 3.8) is 0 Å². The van der Waals surface area contributed by atoms with Crippen LogP contribution in [0.3, 0.4) is 0 Å². The average Bonchev–Trinajstić information content (AvgIpc) is 2.43. The van der Waals surface area contributed by atoms with Gasteiger partial charge < -0.3 is 4.74 Å². The van der Waals surface area contributed by atoms with Crippen molar-refractivity contribution >= 4 is 27.8 Å². The van der Waals surface area contributed by atoms with E-state index in [2.05, 4.69) is 40.8 Å². The summed E-state index contributed by atoms with van der Waals surface area (Å²) < 4.78 is 6.45. The highest BCUT2D eigenvalue weighted by Crippen LogP contribution is 2.26. The van der Waals surface area contributed by atoms with E-state index < -0.39 is 0 Å². The van der Waals surface area contributed by atoms with Gasteiger partial charge in [-0.15, -0.1) is 0 Å². The fourth-order valence-electron chi connectivity index (χ4n) is 1.89. The Balaban J connectivity index is 2.23. The number of aliphatic imine (C=N–C) groups is 1. The zero-order valence-electron chi connectivity index (χ0n) is 12.0. The van der Waals surface area contributed by atoms with E-state index in [9.17, 15) is 0 Å². The maximum atomic E-state index is 5.50. The number of aryl methyl sites for hydroxylation is 1. The van der Waals surface area contributed by atoms with E-state index in [1.807, 2.05) is 43.5 Å². The summed E-state index contributed by atoms with van der Waals surface area (Å²) in [5.74, 6) is 0.858. The molecule has 2 aromatic rings. The number of hydrogen-bond donors (Lipinski definition) is 0. The summed E-state index contributed by atoms with van der Waals surface area (Å²) in [4.78, 5) is 4.57. The molecule has 0 spiro atoms. The summed E-state index contributed by atoms with van der Waals surface area (Å²) in [6, 6.07) is 12.1. The minimum atomic E-state index is 0.661. The van der Waals surface area contributed by atoms with E-state index in [4.69, 9.17) is 4.74 Å². The molecule has 0 heterocycles. The number of nitrogens with zero attached hydrogens (tertiary/aromatic N) is 1. The van der Waals surface area contributed by atoms with Crippen LogP contribution in [-0.2, 0) is 0 Å². The molecule has 2 aromatic carbocycles. The van der Waals surface area contributed by atoms with Crippen LogP contribution in [0, 0.1) is 13.8 Å². The lowest BCUT2D eigenvalue weighted by atomic mass is 10.1. The molecule has 0 amide bonds. The van der Waals surface area contributed by atoms with E-state index in [0.717, 1.165) is 21.5 Å². The molecular weight excluding hydrogens is 314 g/mol. The molecule has 0 aromatic heterocycles. The molecule has 0 saturated carbocycles. The molecule has 3 heteroatoms. The van der Waals surface area contributed by atoms with Crippen molar-refractivity contribution in [2.24, 2.45) is 4.99 Å². The van der Waals surface area contributed by atoms with Crippen molar-refractivity contribution < 1.29 is 4.74 Å². The second kappa shape index (κ2) is 6.71. The van der Waals surface area contributed by atoms with Gasteiger partial charge in [-0.2, -0.15) is 0 Å². The topological polar surface area (TPSA) is 21.6 Å². The fraction of sp³-hybridized carbons (Fsp3) is 0.235. The third kappa shape index (κ3) is 3.48. The Morgan fingerprint density at radius 1 is 1.20 bits per heavy atom. The first-order valence-corrected chi connectivity index (χ1v) is 7.43. The first-order valence-electron chi connectivity index (χ1n) is 6.64. The van der Waals surface area contributed by atoms with Gasteiger partial charge in [-0.05, 0) is 77.7 Å². The number of ether oxygens (including phenoxy) is 1. The molecule has 0 aliphatic rings. The molecule has 20 heavy (non-hydrogen) atoms. The smallest absolute Gasteiger partial charge is 0.133 e. The van der Waals surface area contributed by atoms with Crippen LogP contribution in [-0.4, -0.2) is 12.8 Å². The predicted octanol–water partition coefficient (Wildman–Crippen LogP) is 5.22. The Morgan fingerprint density at radius 3 is 2.70 bits per heavy atom. The average molecular weight is 332 g/mol. The van der Waals surface area contributed by atoms with Gasteiger partial charge in [0, 0.05) is 6.21 Å². The minimum Gasteiger partial charge on any atom is -0.493 e. The Bertz CT molecular complexity index is 635. The molecule has 0 aliphatic carbocycles. The van der Waals surface area contributed by atoms with Crippen LogP contribution in [0.1, 0.15) is 23.6 Å². The summed E-state index contributed by atoms with van der Waals surface area (Å²) >= 11 is 3.51. The third-order valence-electron chi connectivity index (χ3n) is 3.18. The molecular formula is C17H18BrNO. The van der Waals surface area contributed by atoms with Gasteiger partial charge in [0.1, 0.15) is 5.75 Å². The van der Waals surface area contributed by atoms with E-state index in [1.165, 1.54) is 11.1 Å². The molecule has 2 nitrogen and oxygen atoms in total. The van der Waals surface area contributed by atoms with Crippen LogP contribution in [0.2, 0.25) is 0 Å². The second-order valence-corrected chi connectivity index (χ2v) is 5.45. The normalized spacial score (nSPS) is 11.0. The molecule has 104 valence electrons. The van der Waals surface area contributed by atoms with Crippen LogP contribution >= 0.6 is 15.9 Å². The first kappa shape index (κ1) is 14.8. The lowest BCUT2D eigenvalue weighted by Crippen LogP contribution is -1.93. The summed E-state index contributed by atoms with van der Waals surface area (Å²) in [6.45, 7) is 6.83. The molecule has 0 fully saturated rings.